The molecule has 1 aromatic carbocycles. The number of halogens is 1. The molecule has 1 rings (SSSR count). The molecule has 1 amide bonds. The van der Waals surface area contributed by atoms with Crippen LogP contribution in [-0.4, -0.2) is 11.4 Å². The second kappa shape index (κ2) is 4.87. The lowest BCUT2D eigenvalue weighted by molar-refractivity contribution is 0.0911. The lowest BCUT2D eigenvalue weighted by Crippen LogP contribution is -2.42. The van der Waals surface area contributed by atoms with Crippen LogP contribution in [0.25, 0.3) is 0 Å². The first-order valence-electron chi connectivity index (χ1n) is 5.17. The van der Waals surface area contributed by atoms with E-state index in [2.05, 4.69) is 17.9 Å². The predicted molar refractivity (Wildman–Crippen MR) is 65.5 cm³/mol. The molecule has 0 aliphatic carbocycles. The highest BCUT2D eigenvalue weighted by Crippen LogP contribution is 2.15. The maximum absolute atomic E-state index is 13.0. The van der Waals surface area contributed by atoms with Crippen molar-refractivity contribution in [1.82, 2.24) is 5.32 Å². The monoisotopic (exact) mass is 241 g/mol. The number of hydrogen-bond acceptors (Lipinski definition) is 2. The van der Waals surface area contributed by atoms with Gasteiger partial charge in [0.25, 0.3) is 5.91 Å². The fourth-order valence-electron chi connectivity index (χ4n) is 1.12. The Balaban J connectivity index is 2.85. The van der Waals surface area contributed by atoms with Crippen molar-refractivity contribution in [3.63, 3.8) is 0 Å². The Bertz CT molecular complexity index is 404. The highest BCUT2D eigenvalue weighted by atomic mass is 32.1. The fourth-order valence-corrected chi connectivity index (χ4v) is 1.34. The molecule has 0 atom stereocenters. The molecular weight excluding hydrogens is 225 g/mol. The number of carbonyl (C=O) groups is 1. The highest BCUT2D eigenvalue weighted by molar-refractivity contribution is 7.80. The van der Waals surface area contributed by atoms with Gasteiger partial charge in [-0.3, -0.25) is 4.79 Å². The second-order valence-corrected chi connectivity index (χ2v) is 4.84. The Morgan fingerprint density at radius 2 is 2.12 bits per heavy atom. The van der Waals surface area contributed by atoms with Crippen molar-refractivity contribution < 1.29 is 9.18 Å². The van der Waals surface area contributed by atoms with Crippen LogP contribution in [0.15, 0.2) is 23.1 Å². The number of benzene rings is 1. The third-order valence-electron chi connectivity index (χ3n) is 2.54. The van der Waals surface area contributed by atoms with Crippen LogP contribution in [0.3, 0.4) is 0 Å². The summed E-state index contributed by atoms with van der Waals surface area (Å²) >= 11 is 3.94. The first-order valence-corrected chi connectivity index (χ1v) is 5.61. The average Bonchev–Trinajstić information content (AvgIpc) is 2.21. The molecule has 88 valence electrons. The van der Waals surface area contributed by atoms with E-state index in [9.17, 15) is 9.18 Å². The van der Waals surface area contributed by atoms with Gasteiger partial charge in [0.2, 0.25) is 0 Å². The molecule has 2 nitrogen and oxygen atoms in total. The van der Waals surface area contributed by atoms with Crippen molar-refractivity contribution in [2.75, 3.05) is 0 Å². The minimum atomic E-state index is -0.422. The number of carbonyl (C=O) groups excluding carboxylic acids is 1. The Labute approximate surface area is 101 Å². The van der Waals surface area contributed by atoms with Crippen LogP contribution in [-0.2, 0) is 0 Å². The van der Waals surface area contributed by atoms with Crippen LogP contribution in [0.1, 0.15) is 37.6 Å². The van der Waals surface area contributed by atoms with Crippen molar-refractivity contribution in [3.05, 3.63) is 29.6 Å². The molecule has 0 aromatic heterocycles. The molecule has 0 fully saturated rings. The zero-order valence-corrected chi connectivity index (χ0v) is 10.6. The van der Waals surface area contributed by atoms with Gasteiger partial charge in [-0.2, -0.15) is 0 Å². The Morgan fingerprint density at radius 1 is 1.50 bits per heavy atom. The van der Waals surface area contributed by atoms with Crippen LogP contribution in [0.2, 0.25) is 0 Å². The standard InChI is InChI=1S/C12H16FNOS/c1-4-12(2,3)14-11(15)8-5-6-9(13)10(16)7-8/h5-7,16H,4H2,1-3H3,(H,14,15). The lowest BCUT2D eigenvalue weighted by Gasteiger charge is -2.24. The number of amides is 1. The summed E-state index contributed by atoms with van der Waals surface area (Å²) in [5.74, 6) is -0.628. The van der Waals surface area contributed by atoms with Gasteiger partial charge < -0.3 is 5.32 Å². The van der Waals surface area contributed by atoms with Crippen molar-refractivity contribution in [2.45, 2.75) is 37.6 Å². The number of nitrogens with one attached hydrogen (secondary N) is 1. The Morgan fingerprint density at radius 3 is 2.62 bits per heavy atom. The predicted octanol–water partition coefficient (Wildman–Crippen LogP) is 3.03. The summed E-state index contributed by atoms with van der Waals surface area (Å²) in [6, 6.07) is 4.13. The maximum Gasteiger partial charge on any atom is 0.251 e. The molecule has 4 heteroatoms. The van der Waals surface area contributed by atoms with Gasteiger partial charge in [-0.25, -0.2) is 4.39 Å². The lowest BCUT2D eigenvalue weighted by atomic mass is 10.0. The Hall–Kier alpha value is -1.03. The van der Waals surface area contributed by atoms with Gasteiger partial charge in [-0.15, -0.1) is 12.6 Å². The summed E-state index contributed by atoms with van der Waals surface area (Å²) < 4.78 is 13.0. The molecule has 0 heterocycles. The summed E-state index contributed by atoms with van der Waals surface area (Å²) in [6.45, 7) is 5.88. The smallest absolute Gasteiger partial charge is 0.251 e. The van der Waals surface area contributed by atoms with Crippen molar-refractivity contribution in [1.29, 1.82) is 0 Å². The van der Waals surface area contributed by atoms with E-state index < -0.39 is 5.82 Å². The summed E-state index contributed by atoms with van der Waals surface area (Å²) in [5.41, 5.74) is 0.162. The summed E-state index contributed by atoms with van der Waals surface area (Å²) in [6.07, 6.45) is 0.827. The normalized spacial score (nSPS) is 11.3. The molecular formula is C12H16FNOS. The summed E-state index contributed by atoms with van der Waals surface area (Å²) in [7, 11) is 0. The number of rotatable bonds is 3. The highest BCUT2D eigenvalue weighted by Gasteiger charge is 2.19. The van der Waals surface area contributed by atoms with E-state index in [-0.39, 0.29) is 16.3 Å². The van der Waals surface area contributed by atoms with Gasteiger partial charge in [0.05, 0.1) is 0 Å². The third-order valence-corrected chi connectivity index (χ3v) is 2.89. The van der Waals surface area contributed by atoms with Crippen LogP contribution >= 0.6 is 12.6 Å². The maximum atomic E-state index is 13.0. The molecule has 0 aliphatic heterocycles. The van der Waals surface area contributed by atoms with Crippen LogP contribution in [0.4, 0.5) is 4.39 Å². The molecule has 16 heavy (non-hydrogen) atoms. The largest absolute Gasteiger partial charge is 0.347 e. The van der Waals surface area contributed by atoms with Gasteiger partial charge in [0, 0.05) is 16.0 Å². The molecule has 0 saturated heterocycles. The van der Waals surface area contributed by atoms with Crippen LogP contribution in [0.5, 0.6) is 0 Å². The van der Waals surface area contributed by atoms with E-state index in [1.54, 1.807) is 0 Å². The van der Waals surface area contributed by atoms with Gasteiger partial charge in [-0.1, -0.05) is 6.92 Å². The molecule has 0 spiro atoms. The van der Waals surface area contributed by atoms with E-state index in [0.29, 0.717) is 5.56 Å². The van der Waals surface area contributed by atoms with E-state index in [4.69, 9.17) is 0 Å². The number of thiol groups is 1. The SMILES string of the molecule is CCC(C)(C)NC(=O)c1ccc(F)c(S)c1. The fraction of sp³-hybridized carbons (Fsp3) is 0.417. The van der Waals surface area contributed by atoms with Crippen molar-refractivity contribution in [3.8, 4) is 0 Å². The molecule has 0 aliphatic rings. The van der Waals surface area contributed by atoms with Crippen LogP contribution in [0, 0.1) is 5.82 Å². The van der Waals surface area contributed by atoms with Crippen molar-refractivity contribution in [2.24, 2.45) is 0 Å². The average molecular weight is 241 g/mol. The minimum Gasteiger partial charge on any atom is -0.347 e. The zero-order valence-electron chi connectivity index (χ0n) is 9.67. The molecule has 1 aromatic rings. The minimum absolute atomic E-state index is 0.182. The topological polar surface area (TPSA) is 29.1 Å². The Kier molecular flexibility index (Phi) is 3.97. The van der Waals surface area contributed by atoms with Gasteiger partial charge in [-0.05, 0) is 38.5 Å². The first-order chi connectivity index (χ1) is 7.35. The molecule has 0 unspecified atom stereocenters. The van der Waals surface area contributed by atoms with E-state index in [0.717, 1.165) is 6.42 Å². The third kappa shape index (κ3) is 3.23. The second-order valence-electron chi connectivity index (χ2n) is 4.36. The van der Waals surface area contributed by atoms with E-state index >= 15 is 0 Å². The molecule has 0 radical (unpaired) electrons. The summed E-state index contributed by atoms with van der Waals surface area (Å²) in [5, 5.41) is 2.87. The van der Waals surface area contributed by atoms with E-state index in [1.165, 1.54) is 18.2 Å². The zero-order chi connectivity index (χ0) is 12.3. The summed E-state index contributed by atoms with van der Waals surface area (Å²) in [4.78, 5) is 12.0. The van der Waals surface area contributed by atoms with E-state index in [1.807, 2.05) is 20.8 Å². The van der Waals surface area contributed by atoms with Crippen molar-refractivity contribution >= 4 is 18.5 Å². The quantitative estimate of drug-likeness (QED) is 0.783. The molecule has 0 bridgehead atoms. The number of hydrogen-bond donors (Lipinski definition) is 2. The first kappa shape index (κ1) is 13.0. The van der Waals surface area contributed by atoms with Crippen LogP contribution < -0.4 is 5.32 Å². The van der Waals surface area contributed by atoms with Gasteiger partial charge in [0.1, 0.15) is 5.82 Å². The molecule has 0 saturated carbocycles. The van der Waals surface area contributed by atoms with Gasteiger partial charge in [0.15, 0.2) is 0 Å². The van der Waals surface area contributed by atoms with Gasteiger partial charge >= 0.3 is 0 Å². The molecule has 1 N–H and O–H groups in total.